The van der Waals surface area contributed by atoms with Crippen molar-refractivity contribution >= 4 is 12.0 Å². The van der Waals surface area contributed by atoms with Gasteiger partial charge in [-0.05, 0) is 62.8 Å². The number of hydrogen-bond acceptors (Lipinski definition) is 5. The number of benzene rings is 1. The molecule has 0 radical (unpaired) electrons. The summed E-state index contributed by atoms with van der Waals surface area (Å²) in [6, 6.07) is 6.45. The van der Waals surface area contributed by atoms with Crippen LogP contribution in [0, 0.1) is 0 Å². The Bertz CT molecular complexity index is 710. The molecule has 3 rings (SSSR count). The number of nitrogens with one attached hydrogen (secondary N) is 2. The molecule has 2 fully saturated rings. The van der Waals surface area contributed by atoms with E-state index in [1.165, 1.54) is 0 Å². The molecule has 1 aromatic rings. The highest BCUT2D eigenvalue weighted by molar-refractivity contribution is 5.94. The molecule has 7 heteroatoms. The average Bonchev–Trinajstić information content (AvgIpc) is 3.01. The van der Waals surface area contributed by atoms with E-state index < -0.39 is 0 Å². The van der Waals surface area contributed by atoms with Gasteiger partial charge in [-0.3, -0.25) is 4.79 Å². The Morgan fingerprint density at radius 1 is 1.14 bits per heavy atom. The maximum absolute atomic E-state index is 12.4. The molecule has 29 heavy (non-hydrogen) atoms. The summed E-state index contributed by atoms with van der Waals surface area (Å²) in [6.45, 7) is 5.59. The Balaban J connectivity index is 1.42. The van der Waals surface area contributed by atoms with Crippen LogP contribution < -0.4 is 15.4 Å². The van der Waals surface area contributed by atoms with Crippen molar-refractivity contribution < 1.29 is 19.1 Å². The van der Waals surface area contributed by atoms with Crippen LogP contribution in [0.3, 0.4) is 0 Å². The zero-order chi connectivity index (χ0) is 20.8. The topological polar surface area (TPSA) is 79.9 Å². The number of amides is 2. The van der Waals surface area contributed by atoms with Crippen LogP contribution in [0.4, 0.5) is 4.79 Å². The SMILES string of the molecule is CCOC(=O)N1C2CCC1CC(NCCNC(=O)c1ccc(OC)c(CC)c1)C2. The minimum absolute atomic E-state index is 0.0682. The third-order valence-corrected chi connectivity index (χ3v) is 5.98. The highest BCUT2D eigenvalue weighted by atomic mass is 16.6. The Labute approximate surface area is 173 Å². The van der Waals surface area contributed by atoms with Crippen molar-refractivity contribution in [1.29, 1.82) is 0 Å². The molecule has 1 aromatic carbocycles. The Morgan fingerprint density at radius 3 is 2.48 bits per heavy atom. The molecule has 2 atom stereocenters. The summed E-state index contributed by atoms with van der Waals surface area (Å²) in [5, 5.41) is 6.53. The fourth-order valence-corrected chi connectivity index (χ4v) is 4.59. The Kier molecular flexibility index (Phi) is 7.36. The zero-order valence-electron chi connectivity index (χ0n) is 17.7. The molecular weight excluding hydrogens is 370 g/mol. The van der Waals surface area contributed by atoms with E-state index in [2.05, 4.69) is 10.6 Å². The molecule has 2 unspecified atom stereocenters. The lowest BCUT2D eigenvalue weighted by atomic mass is 9.98. The summed E-state index contributed by atoms with van der Waals surface area (Å²) in [5.41, 5.74) is 1.69. The maximum atomic E-state index is 12.4. The van der Waals surface area contributed by atoms with Gasteiger partial charge in [-0.1, -0.05) is 6.92 Å². The number of methoxy groups -OCH3 is 1. The predicted octanol–water partition coefficient (Wildman–Crippen LogP) is 2.73. The van der Waals surface area contributed by atoms with Gasteiger partial charge in [0.1, 0.15) is 5.75 Å². The van der Waals surface area contributed by atoms with Gasteiger partial charge < -0.3 is 25.0 Å². The summed E-state index contributed by atoms with van der Waals surface area (Å²) in [5.74, 6) is 0.746. The minimum atomic E-state index is -0.170. The lowest BCUT2D eigenvalue weighted by Crippen LogP contribution is -2.52. The van der Waals surface area contributed by atoms with Crippen molar-refractivity contribution in [3.8, 4) is 5.75 Å². The summed E-state index contributed by atoms with van der Waals surface area (Å²) in [7, 11) is 1.64. The first-order valence-corrected chi connectivity index (χ1v) is 10.7. The third-order valence-electron chi connectivity index (χ3n) is 5.98. The first-order valence-electron chi connectivity index (χ1n) is 10.7. The van der Waals surface area contributed by atoms with Crippen molar-refractivity contribution in [3.63, 3.8) is 0 Å². The molecule has 2 saturated heterocycles. The van der Waals surface area contributed by atoms with E-state index in [1.54, 1.807) is 13.2 Å². The first kappa shape index (κ1) is 21.4. The standard InChI is InChI=1S/C22H33N3O4/c1-4-15-12-16(6-9-20(15)28-3)21(26)24-11-10-23-17-13-18-7-8-19(14-17)25(18)22(27)29-5-2/h6,9,12,17-19,23H,4-5,7-8,10-11,13-14H2,1-3H3,(H,24,26). The van der Waals surface area contributed by atoms with Crippen molar-refractivity contribution in [2.75, 3.05) is 26.8 Å². The fourth-order valence-electron chi connectivity index (χ4n) is 4.59. The van der Waals surface area contributed by atoms with E-state index in [0.29, 0.717) is 31.3 Å². The third kappa shape index (κ3) is 5.01. The van der Waals surface area contributed by atoms with Crippen LogP contribution in [0.1, 0.15) is 55.5 Å². The summed E-state index contributed by atoms with van der Waals surface area (Å²) in [6.07, 6.45) is 4.64. The number of nitrogens with zero attached hydrogens (tertiary/aromatic N) is 1. The number of rotatable bonds is 8. The lowest BCUT2D eigenvalue weighted by molar-refractivity contribution is 0.0659. The number of carbonyl (C=O) groups excluding carboxylic acids is 2. The molecule has 0 aliphatic carbocycles. The Hall–Kier alpha value is -2.28. The largest absolute Gasteiger partial charge is 0.496 e. The summed E-state index contributed by atoms with van der Waals surface area (Å²) < 4.78 is 10.5. The molecule has 2 N–H and O–H groups in total. The van der Waals surface area contributed by atoms with E-state index in [-0.39, 0.29) is 24.1 Å². The van der Waals surface area contributed by atoms with Crippen molar-refractivity contribution in [2.45, 2.75) is 64.1 Å². The quantitative estimate of drug-likeness (QED) is 0.653. The fraction of sp³-hybridized carbons (Fsp3) is 0.636. The molecule has 2 aliphatic heterocycles. The van der Waals surface area contributed by atoms with Gasteiger partial charge in [0, 0.05) is 36.8 Å². The summed E-state index contributed by atoms with van der Waals surface area (Å²) in [4.78, 5) is 26.5. The zero-order valence-corrected chi connectivity index (χ0v) is 17.7. The highest BCUT2D eigenvalue weighted by Crippen LogP contribution is 2.36. The number of hydrogen-bond donors (Lipinski definition) is 2. The predicted molar refractivity (Wildman–Crippen MR) is 111 cm³/mol. The number of piperidine rings is 1. The van der Waals surface area contributed by atoms with Gasteiger partial charge in [-0.25, -0.2) is 4.79 Å². The van der Waals surface area contributed by atoms with Gasteiger partial charge in [0.05, 0.1) is 13.7 Å². The first-order chi connectivity index (χ1) is 14.1. The van der Waals surface area contributed by atoms with Gasteiger partial charge in [0.2, 0.25) is 0 Å². The van der Waals surface area contributed by atoms with Crippen molar-refractivity contribution in [3.05, 3.63) is 29.3 Å². The maximum Gasteiger partial charge on any atom is 0.410 e. The van der Waals surface area contributed by atoms with E-state index >= 15 is 0 Å². The van der Waals surface area contributed by atoms with E-state index in [9.17, 15) is 9.59 Å². The molecule has 2 heterocycles. The van der Waals surface area contributed by atoms with E-state index in [0.717, 1.165) is 43.4 Å². The molecule has 2 aliphatic rings. The molecule has 2 bridgehead atoms. The van der Waals surface area contributed by atoms with Gasteiger partial charge in [-0.2, -0.15) is 0 Å². The van der Waals surface area contributed by atoms with Crippen LogP contribution in [0.2, 0.25) is 0 Å². The number of aryl methyl sites for hydroxylation is 1. The molecule has 160 valence electrons. The van der Waals surface area contributed by atoms with Gasteiger partial charge in [-0.15, -0.1) is 0 Å². The lowest BCUT2D eigenvalue weighted by Gasteiger charge is -2.38. The van der Waals surface area contributed by atoms with Crippen LogP contribution in [0.15, 0.2) is 18.2 Å². The Morgan fingerprint density at radius 2 is 1.86 bits per heavy atom. The second-order valence-electron chi connectivity index (χ2n) is 7.75. The van der Waals surface area contributed by atoms with Crippen molar-refractivity contribution in [1.82, 2.24) is 15.5 Å². The van der Waals surface area contributed by atoms with Crippen LogP contribution in [0.5, 0.6) is 5.75 Å². The van der Waals surface area contributed by atoms with E-state index in [1.807, 2.05) is 30.9 Å². The molecule has 0 aromatic heterocycles. The second kappa shape index (κ2) is 9.96. The smallest absolute Gasteiger partial charge is 0.410 e. The average molecular weight is 404 g/mol. The number of fused-ring (bicyclic) bond motifs is 2. The second-order valence-corrected chi connectivity index (χ2v) is 7.75. The van der Waals surface area contributed by atoms with Crippen LogP contribution in [-0.2, 0) is 11.2 Å². The summed E-state index contributed by atoms with van der Waals surface area (Å²) >= 11 is 0. The monoisotopic (exact) mass is 403 g/mol. The van der Waals surface area contributed by atoms with Crippen LogP contribution in [0.25, 0.3) is 0 Å². The molecular formula is C22H33N3O4. The molecule has 7 nitrogen and oxygen atoms in total. The van der Waals surface area contributed by atoms with Crippen molar-refractivity contribution in [2.24, 2.45) is 0 Å². The molecule has 2 amide bonds. The van der Waals surface area contributed by atoms with E-state index in [4.69, 9.17) is 9.47 Å². The van der Waals surface area contributed by atoms with Crippen LogP contribution in [-0.4, -0.2) is 61.8 Å². The van der Waals surface area contributed by atoms with Gasteiger partial charge >= 0.3 is 6.09 Å². The van der Waals surface area contributed by atoms with Gasteiger partial charge in [0.15, 0.2) is 0 Å². The molecule has 0 spiro atoms. The normalized spacial score (nSPS) is 23.0. The highest BCUT2D eigenvalue weighted by Gasteiger charge is 2.43. The van der Waals surface area contributed by atoms with Gasteiger partial charge in [0.25, 0.3) is 5.91 Å². The minimum Gasteiger partial charge on any atom is -0.496 e. The van der Waals surface area contributed by atoms with Crippen LogP contribution >= 0.6 is 0 Å². The molecule has 0 saturated carbocycles. The number of carbonyl (C=O) groups is 2. The number of ether oxygens (including phenoxy) is 2.